The van der Waals surface area contributed by atoms with Crippen LogP contribution >= 0.6 is 0 Å². The standard InChI is InChI=1S/C25H19F3N4O4/c1-3-17(14-10-34-24(33)32-22(14)29-2)35-12-5-7-18-13(9-12)19-20(21(19)36-18)23-30-15-6-4-11(25(26,27)28)8-16(15)31-23/h3-9,19-21H,2,10H2,1H3,(H,30,31)(H,32,33)/b17-3+. The van der Waals surface area contributed by atoms with E-state index in [1.807, 2.05) is 12.1 Å². The number of nitrogens with zero attached hydrogens (tertiary/aromatic N) is 2. The van der Waals surface area contributed by atoms with Crippen molar-refractivity contribution in [1.29, 1.82) is 0 Å². The Bertz CT molecular complexity index is 1490. The molecule has 0 radical (unpaired) electrons. The van der Waals surface area contributed by atoms with E-state index in [9.17, 15) is 18.0 Å². The van der Waals surface area contributed by atoms with Crippen LogP contribution in [-0.4, -0.2) is 35.5 Å². The molecule has 2 N–H and O–H groups in total. The first-order valence-corrected chi connectivity index (χ1v) is 11.1. The summed E-state index contributed by atoms with van der Waals surface area (Å²) in [7, 11) is 0. The van der Waals surface area contributed by atoms with E-state index in [2.05, 4.69) is 27.0 Å². The first kappa shape index (κ1) is 22.2. The molecule has 1 fully saturated rings. The quantitative estimate of drug-likeness (QED) is 0.376. The zero-order chi connectivity index (χ0) is 25.2. The number of carbonyl (C=O) groups excluding carboxylic acids is 1. The van der Waals surface area contributed by atoms with Gasteiger partial charge in [-0.3, -0.25) is 5.32 Å². The number of fused-ring (bicyclic) bond motifs is 4. The van der Waals surface area contributed by atoms with Gasteiger partial charge in [-0.1, -0.05) is 0 Å². The number of alkyl halides is 3. The second-order valence-electron chi connectivity index (χ2n) is 8.63. The van der Waals surface area contributed by atoms with Crippen LogP contribution in [0.3, 0.4) is 0 Å². The van der Waals surface area contributed by atoms with Crippen LogP contribution in [0.4, 0.5) is 18.0 Å². The number of aromatic nitrogens is 2. The van der Waals surface area contributed by atoms with Crippen molar-refractivity contribution in [3.8, 4) is 11.5 Å². The number of halogens is 3. The zero-order valence-corrected chi connectivity index (χ0v) is 18.8. The molecule has 6 rings (SSSR count). The third kappa shape index (κ3) is 3.58. The number of imidazole rings is 1. The van der Waals surface area contributed by atoms with Gasteiger partial charge in [0, 0.05) is 11.5 Å². The van der Waals surface area contributed by atoms with Gasteiger partial charge < -0.3 is 19.2 Å². The molecule has 0 bridgehead atoms. The van der Waals surface area contributed by atoms with Gasteiger partial charge in [-0.05, 0) is 56.1 Å². The average Bonchev–Trinajstić information content (AvgIpc) is 3.20. The molecule has 3 aliphatic rings. The lowest BCUT2D eigenvalue weighted by Gasteiger charge is -2.21. The van der Waals surface area contributed by atoms with E-state index in [-0.39, 0.29) is 30.4 Å². The lowest BCUT2D eigenvalue weighted by molar-refractivity contribution is -0.137. The second-order valence-corrected chi connectivity index (χ2v) is 8.63. The number of hydrogen-bond acceptors (Lipinski definition) is 6. The third-order valence-corrected chi connectivity index (χ3v) is 6.50. The molecule has 184 valence electrons. The number of rotatable bonds is 5. The molecule has 8 nitrogen and oxygen atoms in total. The molecule has 0 spiro atoms. The van der Waals surface area contributed by atoms with E-state index in [4.69, 9.17) is 14.2 Å². The van der Waals surface area contributed by atoms with Crippen molar-refractivity contribution in [3.63, 3.8) is 0 Å². The van der Waals surface area contributed by atoms with Gasteiger partial charge in [0.25, 0.3) is 0 Å². The fourth-order valence-electron chi connectivity index (χ4n) is 4.75. The van der Waals surface area contributed by atoms with Gasteiger partial charge in [-0.2, -0.15) is 13.2 Å². The second kappa shape index (κ2) is 7.87. The molecule has 36 heavy (non-hydrogen) atoms. The topological polar surface area (TPSA) is 97.8 Å². The minimum absolute atomic E-state index is 0.00201. The molecule has 1 saturated carbocycles. The Morgan fingerprint density at radius 3 is 2.83 bits per heavy atom. The Morgan fingerprint density at radius 1 is 1.25 bits per heavy atom. The molecule has 0 saturated heterocycles. The predicted octanol–water partition coefficient (Wildman–Crippen LogP) is 5.16. The number of allylic oxidation sites excluding steroid dienone is 1. The first-order chi connectivity index (χ1) is 17.3. The fourth-order valence-corrected chi connectivity index (χ4v) is 4.75. The van der Waals surface area contributed by atoms with Crippen LogP contribution in [0.2, 0.25) is 0 Å². The average molecular weight is 496 g/mol. The predicted molar refractivity (Wildman–Crippen MR) is 123 cm³/mol. The van der Waals surface area contributed by atoms with E-state index in [0.717, 1.165) is 23.4 Å². The summed E-state index contributed by atoms with van der Waals surface area (Å²) in [6.07, 6.45) is -3.46. The maximum atomic E-state index is 13.1. The Balaban J connectivity index is 1.25. The molecule has 3 unspecified atom stereocenters. The summed E-state index contributed by atoms with van der Waals surface area (Å²) < 4.78 is 56.4. The van der Waals surface area contributed by atoms with Crippen molar-refractivity contribution in [1.82, 2.24) is 15.3 Å². The summed E-state index contributed by atoms with van der Waals surface area (Å²) in [5, 5.41) is 2.49. The lowest BCUT2D eigenvalue weighted by Crippen LogP contribution is -2.31. The van der Waals surface area contributed by atoms with Crippen LogP contribution in [0.5, 0.6) is 11.5 Å². The Kier molecular flexibility index (Phi) is 4.85. The molecule has 3 atom stereocenters. The van der Waals surface area contributed by atoms with E-state index < -0.39 is 17.8 Å². The number of nitrogens with one attached hydrogen (secondary N) is 2. The Morgan fingerprint density at radius 2 is 2.08 bits per heavy atom. The SMILES string of the molecule is C=NC1=C(/C(=C\C)Oc2ccc3c(c2)C2C(O3)C2c2nc3ccc(C(F)(F)F)cc3[nH]2)COC(=O)N1. The van der Waals surface area contributed by atoms with Crippen molar-refractivity contribution in [3.05, 3.63) is 76.6 Å². The Labute approximate surface area is 202 Å². The summed E-state index contributed by atoms with van der Waals surface area (Å²) in [5.74, 6) is 2.49. The van der Waals surface area contributed by atoms with Crippen LogP contribution in [0.1, 0.15) is 35.7 Å². The van der Waals surface area contributed by atoms with Gasteiger partial charge in [-0.25, -0.2) is 14.8 Å². The molecule has 3 heterocycles. The van der Waals surface area contributed by atoms with Crippen molar-refractivity contribution < 1.29 is 32.2 Å². The normalized spacial score (nSPS) is 22.9. The molecule has 2 aromatic carbocycles. The number of aliphatic imine (C=N–C) groups is 1. The highest BCUT2D eigenvalue weighted by atomic mass is 19.4. The number of benzene rings is 2. The zero-order valence-electron chi connectivity index (χ0n) is 18.8. The number of cyclic esters (lactones) is 1. The highest BCUT2D eigenvalue weighted by Gasteiger charge is 2.61. The molecule has 2 aliphatic heterocycles. The van der Waals surface area contributed by atoms with Gasteiger partial charge in [-0.15, -0.1) is 0 Å². The monoisotopic (exact) mass is 496 g/mol. The number of ether oxygens (including phenoxy) is 3. The van der Waals surface area contributed by atoms with Crippen LogP contribution in [0, 0.1) is 0 Å². The van der Waals surface area contributed by atoms with Crippen LogP contribution in [-0.2, 0) is 10.9 Å². The summed E-state index contributed by atoms with van der Waals surface area (Å²) in [6.45, 7) is 5.26. The van der Waals surface area contributed by atoms with Crippen LogP contribution < -0.4 is 14.8 Å². The number of amides is 1. The summed E-state index contributed by atoms with van der Waals surface area (Å²) in [4.78, 5) is 22.9. The smallest absolute Gasteiger partial charge is 0.416 e. The minimum atomic E-state index is -4.42. The summed E-state index contributed by atoms with van der Waals surface area (Å²) in [5.41, 5.74) is 1.56. The number of H-pyrrole nitrogens is 1. The van der Waals surface area contributed by atoms with Crippen LogP contribution in [0.25, 0.3) is 11.0 Å². The summed E-state index contributed by atoms with van der Waals surface area (Å²) >= 11 is 0. The van der Waals surface area contributed by atoms with Crippen LogP contribution in [0.15, 0.2) is 64.6 Å². The van der Waals surface area contributed by atoms with Gasteiger partial charge >= 0.3 is 12.3 Å². The number of aromatic amines is 1. The van der Waals surface area contributed by atoms with E-state index >= 15 is 0 Å². The molecule has 1 aliphatic carbocycles. The summed E-state index contributed by atoms with van der Waals surface area (Å²) in [6, 6.07) is 8.93. The van der Waals surface area contributed by atoms with E-state index in [1.54, 1.807) is 19.1 Å². The molecular formula is C25H19F3N4O4. The van der Waals surface area contributed by atoms with Gasteiger partial charge in [0.15, 0.2) is 0 Å². The van der Waals surface area contributed by atoms with Gasteiger partial charge in [0.05, 0.1) is 28.1 Å². The first-order valence-electron chi connectivity index (χ1n) is 11.1. The third-order valence-electron chi connectivity index (χ3n) is 6.50. The van der Waals surface area contributed by atoms with Gasteiger partial charge in [0.1, 0.15) is 41.6 Å². The molecule has 11 heteroatoms. The van der Waals surface area contributed by atoms with Crippen molar-refractivity contribution in [2.24, 2.45) is 4.99 Å². The molecule has 3 aromatic rings. The highest BCUT2D eigenvalue weighted by molar-refractivity contribution is 5.76. The van der Waals surface area contributed by atoms with Crippen molar-refractivity contribution in [2.75, 3.05) is 6.61 Å². The maximum absolute atomic E-state index is 13.1. The minimum Gasteiger partial charge on any atom is -0.489 e. The van der Waals surface area contributed by atoms with Crippen molar-refractivity contribution >= 4 is 23.8 Å². The fraction of sp³-hybridized carbons (Fsp3) is 0.240. The molecule has 1 aromatic heterocycles. The number of carbonyl (C=O) groups is 1. The highest BCUT2D eigenvalue weighted by Crippen LogP contribution is 2.63. The van der Waals surface area contributed by atoms with Crippen molar-refractivity contribution in [2.45, 2.75) is 31.0 Å². The van der Waals surface area contributed by atoms with Gasteiger partial charge in [0.2, 0.25) is 0 Å². The lowest BCUT2D eigenvalue weighted by atomic mass is 10.1. The maximum Gasteiger partial charge on any atom is 0.416 e. The molecular weight excluding hydrogens is 477 g/mol. The molecule has 1 amide bonds. The van der Waals surface area contributed by atoms with E-state index in [1.165, 1.54) is 6.07 Å². The Hall–Kier alpha value is -4.28. The number of hydrogen-bond donors (Lipinski definition) is 2. The number of alkyl carbamates (subject to hydrolysis) is 1. The largest absolute Gasteiger partial charge is 0.489 e. The van der Waals surface area contributed by atoms with E-state index in [0.29, 0.717) is 33.9 Å².